The van der Waals surface area contributed by atoms with E-state index in [0.29, 0.717) is 4.57 Å². The van der Waals surface area contributed by atoms with Gasteiger partial charge in [-0.15, -0.1) is 0 Å². The molecule has 0 bridgehead atoms. The van der Waals surface area contributed by atoms with E-state index >= 15 is 0 Å². The summed E-state index contributed by atoms with van der Waals surface area (Å²) < 4.78 is 104. The van der Waals surface area contributed by atoms with E-state index in [2.05, 4.69) is 10.3 Å². The zero-order valence-corrected chi connectivity index (χ0v) is 17.4. The van der Waals surface area contributed by atoms with Crippen LogP contribution in [-0.4, -0.2) is 34.8 Å². The molecule has 0 fully saturated rings. The number of aromatic amines is 1. The molecule has 2 heterocycles. The van der Waals surface area contributed by atoms with Crippen LogP contribution in [-0.2, 0) is 5.54 Å². The lowest BCUT2D eigenvalue weighted by Crippen LogP contribution is -2.59. The van der Waals surface area contributed by atoms with Crippen LogP contribution < -0.4 is 21.3 Å². The standard InChI is InChI=1S/C21H13F7N4O3/c1-35-13-8-6-12(7-9-13)32-16-14(17(33)30-18(32)34)19(20(23,24)25,21(26,27)28)31-15(29-16)10-2-4-11(22)5-3-10/h2-9H,1H3,(H,29,31)(H,30,33,34). The minimum absolute atomic E-state index is 0.186. The van der Waals surface area contributed by atoms with Crippen molar-refractivity contribution in [2.75, 3.05) is 12.4 Å². The molecule has 0 radical (unpaired) electrons. The highest BCUT2D eigenvalue weighted by molar-refractivity contribution is 6.09. The maximum atomic E-state index is 14.3. The fourth-order valence-corrected chi connectivity index (χ4v) is 3.65. The Morgan fingerprint density at radius 1 is 0.914 bits per heavy atom. The van der Waals surface area contributed by atoms with Gasteiger partial charge in [0.15, 0.2) is 0 Å². The number of benzene rings is 2. The Balaban J connectivity index is 2.14. The number of amidine groups is 1. The number of nitrogens with zero attached hydrogens (tertiary/aromatic N) is 2. The average Bonchev–Trinajstić information content (AvgIpc) is 2.77. The molecule has 2 aromatic carbocycles. The predicted octanol–water partition coefficient (Wildman–Crippen LogP) is 3.87. The van der Waals surface area contributed by atoms with E-state index in [4.69, 9.17) is 4.74 Å². The summed E-state index contributed by atoms with van der Waals surface area (Å²) in [6.07, 6.45) is -12.3. The van der Waals surface area contributed by atoms with Crippen molar-refractivity contribution in [3.63, 3.8) is 0 Å². The van der Waals surface area contributed by atoms with Crippen LogP contribution in [0.25, 0.3) is 5.69 Å². The van der Waals surface area contributed by atoms with Crippen LogP contribution in [0, 0.1) is 5.82 Å². The number of aromatic nitrogens is 2. The van der Waals surface area contributed by atoms with Crippen molar-refractivity contribution in [2.24, 2.45) is 4.99 Å². The van der Waals surface area contributed by atoms with E-state index in [1.165, 1.54) is 36.4 Å². The number of H-pyrrole nitrogens is 1. The van der Waals surface area contributed by atoms with Gasteiger partial charge in [0.1, 0.15) is 28.8 Å². The summed E-state index contributed by atoms with van der Waals surface area (Å²) in [6, 6.07) is 8.37. The zero-order valence-electron chi connectivity index (χ0n) is 17.4. The molecule has 0 saturated heterocycles. The second-order valence-corrected chi connectivity index (χ2v) is 7.31. The number of ether oxygens (including phenoxy) is 1. The summed E-state index contributed by atoms with van der Waals surface area (Å²) in [5.41, 5.74) is -10.7. The van der Waals surface area contributed by atoms with Crippen molar-refractivity contribution in [1.82, 2.24) is 9.55 Å². The summed E-state index contributed by atoms with van der Waals surface area (Å²) in [5, 5.41) is 2.25. The summed E-state index contributed by atoms with van der Waals surface area (Å²) in [7, 11) is 1.32. The number of anilines is 1. The van der Waals surface area contributed by atoms with Crippen LogP contribution in [0.4, 0.5) is 36.6 Å². The molecule has 35 heavy (non-hydrogen) atoms. The van der Waals surface area contributed by atoms with Gasteiger partial charge < -0.3 is 10.1 Å². The van der Waals surface area contributed by atoms with E-state index in [0.717, 1.165) is 24.3 Å². The molecular weight excluding hydrogens is 489 g/mol. The Bertz CT molecular complexity index is 1410. The highest BCUT2D eigenvalue weighted by Gasteiger charge is 2.75. The van der Waals surface area contributed by atoms with E-state index in [1.807, 2.05) is 0 Å². The Morgan fingerprint density at radius 2 is 1.49 bits per heavy atom. The van der Waals surface area contributed by atoms with Gasteiger partial charge in [-0.25, -0.2) is 18.7 Å². The van der Waals surface area contributed by atoms with Gasteiger partial charge in [0.25, 0.3) is 11.1 Å². The summed E-state index contributed by atoms with van der Waals surface area (Å²) in [6.45, 7) is 0. The lowest BCUT2D eigenvalue weighted by molar-refractivity contribution is -0.301. The van der Waals surface area contributed by atoms with Crippen molar-refractivity contribution in [3.8, 4) is 11.4 Å². The molecule has 1 aliphatic heterocycles. The third-order valence-electron chi connectivity index (χ3n) is 5.26. The first-order chi connectivity index (χ1) is 16.3. The Kier molecular flexibility index (Phi) is 5.49. The van der Waals surface area contributed by atoms with Gasteiger partial charge in [-0.05, 0) is 48.5 Å². The molecule has 0 atom stereocenters. The zero-order chi connectivity index (χ0) is 25.8. The molecule has 3 aromatic rings. The van der Waals surface area contributed by atoms with E-state index < -0.39 is 52.2 Å². The van der Waals surface area contributed by atoms with Gasteiger partial charge in [-0.3, -0.25) is 9.78 Å². The van der Waals surface area contributed by atoms with Crippen LogP contribution >= 0.6 is 0 Å². The summed E-state index contributed by atoms with van der Waals surface area (Å²) in [4.78, 5) is 29.6. The summed E-state index contributed by atoms with van der Waals surface area (Å²) >= 11 is 0. The topological polar surface area (TPSA) is 88.5 Å². The number of aliphatic imine (C=N–C) groups is 1. The van der Waals surface area contributed by atoms with Crippen molar-refractivity contribution in [3.05, 3.63) is 86.3 Å². The lowest BCUT2D eigenvalue weighted by Gasteiger charge is -2.38. The highest BCUT2D eigenvalue weighted by atomic mass is 19.4. The first-order valence-electron chi connectivity index (χ1n) is 9.60. The molecule has 0 aliphatic carbocycles. The van der Waals surface area contributed by atoms with E-state index in [-0.39, 0.29) is 17.0 Å². The molecule has 7 nitrogen and oxygen atoms in total. The van der Waals surface area contributed by atoms with Gasteiger partial charge in [0.05, 0.1) is 12.8 Å². The molecule has 184 valence electrons. The van der Waals surface area contributed by atoms with Crippen molar-refractivity contribution in [2.45, 2.75) is 17.9 Å². The molecule has 0 spiro atoms. The molecule has 1 aromatic heterocycles. The molecule has 4 rings (SSSR count). The molecule has 0 unspecified atom stereocenters. The maximum Gasteiger partial charge on any atom is 0.427 e. The number of hydrogen-bond donors (Lipinski definition) is 2. The molecule has 2 N–H and O–H groups in total. The fourth-order valence-electron chi connectivity index (χ4n) is 3.65. The van der Waals surface area contributed by atoms with Crippen molar-refractivity contribution >= 4 is 11.7 Å². The number of rotatable bonds is 3. The largest absolute Gasteiger partial charge is 0.497 e. The molecule has 1 aliphatic rings. The minimum Gasteiger partial charge on any atom is -0.497 e. The highest BCUT2D eigenvalue weighted by Crippen LogP contribution is 2.55. The normalized spacial score (nSPS) is 15.1. The molecular formula is C21H13F7N4O3. The van der Waals surface area contributed by atoms with Crippen LogP contribution in [0.3, 0.4) is 0 Å². The Hall–Kier alpha value is -4.10. The third-order valence-corrected chi connectivity index (χ3v) is 5.26. The van der Waals surface area contributed by atoms with Crippen LogP contribution in [0.2, 0.25) is 0 Å². The molecule has 0 saturated carbocycles. The van der Waals surface area contributed by atoms with Crippen LogP contribution in [0.1, 0.15) is 11.1 Å². The number of hydrogen-bond acceptors (Lipinski definition) is 5. The first kappa shape index (κ1) is 24.0. The number of nitrogens with one attached hydrogen (secondary N) is 2. The monoisotopic (exact) mass is 502 g/mol. The number of fused-ring (bicyclic) bond motifs is 1. The Morgan fingerprint density at radius 3 is 2.00 bits per heavy atom. The lowest BCUT2D eigenvalue weighted by atomic mass is 9.87. The SMILES string of the molecule is COc1ccc(-n2c3c(c(=O)[nH]c2=O)C(C(F)(F)F)(C(F)(F)F)N=C(c2ccc(F)cc2)N3)cc1. The second kappa shape index (κ2) is 7.99. The minimum atomic E-state index is -6.16. The second-order valence-electron chi connectivity index (χ2n) is 7.31. The van der Waals surface area contributed by atoms with Gasteiger partial charge in [0, 0.05) is 5.56 Å². The van der Waals surface area contributed by atoms with Gasteiger partial charge in [-0.1, -0.05) is 0 Å². The predicted molar refractivity (Wildman–Crippen MR) is 110 cm³/mol. The number of alkyl halides is 6. The van der Waals surface area contributed by atoms with E-state index in [9.17, 15) is 40.3 Å². The quantitative estimate of drug-likeness (QED) is 0.533. The van der Waals surface area contributed by atoms with Crippen molar-refractivity contribution < 1.29 is 35.5 Å². The van der Waals surface area contributed by atoms with Gasteiger partial charge in [0.2, 0.25) is 0 Å². The smallest absolute Gasteiger partial charge is 0.427 e. The average molecular weight is 502 g/mol. The third kappa shape index (κ3) is 3.74. The summed E-state index contributed by atoms with van der Waals surface area (Å²) in [5.74, 6) is -2.62. The molecule has 0 amide bonds. The van der Waals surface area contributed by atoms with Gasteiger partial charge in [-0.2, -0.15) is 26.3 Å². The van der Waals surface area contributed by atoms with Crippen LogP contribution in [0.15, 0.2) is 63.1 Å². The van der Waals surface area contributed by atoms with Gasteiger partial charge >= 0.3 is 18.0 Å². The Labute approximate surface area is 190 Å². The molecule has 14 heteroatoms. The number of halogens is 7. The first-order valence-corrected chi connectivity index (χ1v) is 9.60. The van der Waals surface area contributed by atoms with Crippen molar-refractivity contribution in [1.29, 1.82) is 0 Å². The maximum absolute atomic E-state index is 14.3. The fraction of sp³-hybridized carbons (Fsp3) is 0.190. The van der Waals surface area contributed by atoms with E-state index in [1.54, 1.807) is 0 Å². The number of methoxy groups -OCH3 is 1. The van der Waals surface area contributed by atoms with Crippen LogP contribution in [0.5, 0.6) is 5.75 Å².